The highest BCUT2D eigenvalue weighted by atomic mass is 32.2. The van der Waals surface area contributed by atoms with Crippen LogP contribution in [0.2, 0.25) is 0 Å². The molecule has 1 rings (SSSR count). The van der Waals surface area contributed by atoms with Crippen molar-refractivity contribution in [1.82, 2.24) is 15.5 Å². The third-order valence-electron chi connectivity index (χ3n) is 4.24. The molecule has 0 fully saturated rings. The van der Waals surface area contributed by atoms with Crippen LogP contribution in [0.25, 0.3) is 0 Å². The summed E-state index contributed by atoms with van der Waals surface area (Å²) < 4.78 is 23.4. The Bertz CT molecular complexity index is 683. The van der Waals surface area contributed by atoms with Gasteiger partial charge in [-0.25, -0.2) is 13.4 Å². The van der Waals surface area contributed by atoms with Crippen LogP contribution in [0.5, 0.6) is 0 Å². The van der Waals surface area contributed by atoms with Crippen molar-refractivity contribution in [3.8, 4) is 0 Å². The van der Waals surface area contributed by atoms with E-state index in [4.69, 9.17) is 0 Å². The zero-order chi connectivity index (χ0) is 19.6. The van der Waals surface area contributed by atoms with Gasteiger partial charge in [0.25, 0.3) is 0 Å². The highest BCUT2D eigenvalue weighted by Crippen LogP contribution is 2.17. The summed E-state index contributed by atoms with van der Waals surface area (Å²) in [6.07, 6.45) is 2.30. The van der Waals surface area contributed by atoms with Crippen molar-refractivity contribution in [1.29, 1.82) is 0 Å². The van der Waals surface area contributed by atoms with Crippen molar-refractivity contribution in [3.05, 3.63) is 29.3 Å². The smallest absolute Gasteiger partial charge is 0.191 e. The van der Waals surface area contributed by atoms with Crippen LogP contribution in [0, 0.1) is 6.92 Å². The van der Waals surface area contributed by atoms with Gasteiger partial charge in [0.05, 0.1) is 11.4 Å². The molecule has 0 aromatic heterocycles. The van der Waals surface area contributed by atoms with E-state index in [2.05, 4.69) is 34.4 Å². The summed E-state index contributed by atoms with van der Waals surface area (Å²) in [6.45, 7) is 13.6. The zero-order valence-electron chi connectivity index (χ0n) is 16.8. The Kier molecular flexibility index (Phi) is 9.65. The molecule has 0 atom stereocenters. The van der Waals surface area contributed by atoms with Crippen LogP contribution in [0.3, 0.4) is 0 Å². The van der Waals surface area contributed by atoms with Crippen molar-refractivity contribution >= 4 is 15.8 Å². The number of aryl methyl sites for hydroxylation is 1. The minimum absolute atomic E-state index is 0.381. The fraction of sp³-hybridized carbons (Fsp3) is 0.632. The molecule has 26 heavy (non-hydrogen) atoms. The highest BCUT2D eigenvalue weighted by molar-refractivity contribution is 7.90. The standard InChI is InChI=1S/C19H34N4O2S/c1-6-20-19(21-12-9-13-23(7-2)8-3)22-15-17-10-11-18(16(4)14-17)26(5,24)25/h10-11,14H,6-9,12-13,15H2,1-5H3,(H2,20,21,22). The van der Waals surface area contributed by atoms with Crippen LogP contribution >= 0.6 is 0 Å². The summed E-state index contributed by atoms with van der Waals surface area (Å²) in [6, 6.07) is 5.39. The van der Waals surface area contributed by atoms with Gasteiger partial charge in [-0.3, -0.25) is 0 Å². The quantitative estimate of drug-likeness (QED) is 0.369. The van der Waals surface area contributed by atoms with Gasteiger partial charge in [-0.1, -0.05) is 26.0 Å². The van der Waals surface area contributed by atoms with E-state index in [9.17, 15) is 8.42 Å². The lowest BCUT2D eigenvalue weighted by Crippen LogP contribution is -2.38. The predicted octanol–water partition coefficient (Wildman–Crippen LogP) is 2.19. The molecule has 6 nitrogen and oxygen atoms in total. The van der Waals surface area contributed by atoms with Gasteiger partial charge in [0, 0.05) is 19.3 Å². The van der Waals surface area contributed by atoms with Gasteiger partial charge in [-0.2, -0.15) is 0 Å². The first kappa shape index (κ1) is 22.4. The predicted molar refractivity (Wildman–Crippen MR) is 110 cm³/mol. The molecular weight excluding hydrogens is 348 g/mol. The molecule has 2 N–H and O–H groups in total. The summed E-state index contributed by atoms with van der Waals surface area (Å²) in [4.78, 5) is 7.39. The van der Waals surface area contributed by atoms with Gasteiger partial charge in [-0.05, 0) is 57.1 Å². The normalized spacial score (nSPS) is 12.5. The molecule has 0 saturated carbocycles. The summed E-state index contributed by atoms with van der Waals surface area (Å²) in [5.74, 6) is 0.789. The molecule has 1 aromatic rings. The second-order valence-electron chi connectivity index (χ2n) is 6.37. The lowest BCUT2D eigenvalue weighted by molar-refractivity contribution is 0.300. The summed E-state index contributed by atoms with van der Waals surface area (Å²) in [7, 11) is -3.18. The minimum Gasteiger partial charge on any atom is -0.357 e. The Balaban J connectivity index is 2.64. The van der Waals surface area contributed by atoms with Crippen LogP contribution < -0.4 is 10.6 Å². The molecular formula is C19H34N4O2S. The summed E-state index contributed by atoms with van der Waals surface area (Å²) >= 11 is 0. The Morgan fingerprint density at radius 2 is 1.85 bits per heavy atom. The van der Waals surface area contributed by atoms with Crippen LogP contribution in [0.15, 0.2) is 28.1 Å². The molecule has 0 spiro atoms. The average Bonchev–Trinajstić information content (AvgIpc) is 2.58. The van der Waals surface area contributed by atoms with Crippen LogP contribution in [0.4, 0.5) is 0 Å². The van der Waals surface area contributed by atoms with Crippen molar-refractivity contribution in [2.45, 2.75) is 45.6 Å². The number of guanidine groups is 1. The van der Waals surface area contributed by atoms with Crippen LogP contribution in [-0.2, 0) is 16.4 Å². The first-order valence-corrected chi connectivity index (χ1v) is 11.2. The third-order valence-corrected chi connectivity index (χ3v) is 5.50. The number of nitrogens with one attached hydrogen (secondary N) is 2. The highest BCUT2D eigenvalue weighted by Gasteiger charge is 2.10. The van der Waals surface area contributed by atoms with Gasteiger partial charge in [-0.15, -0.1) is 0 Å². The first-order valence-electron chi connectivity index (χ1n) is 9.35. The molecule has 0 saturated heterocycles. The number of benzene rings is 1. The fourth-order valence-electron chi connectivity index (χ4n) is 2.79. The Morgan fingerprint density at radius 1 is 1.15 bits per heavy atom. The molecule has 0 heterocycles. The lowest BCUT2D eigenvalue weighted by Gasteiger charge is -2.18. The largest absolute Gasteiger partial charge is 0.357 e. The molecule has 148 valence electrons. The molecule has 0 aliphatic carbocycles. The Hall–Kier alpha value is -1.60. The second kappa shape index (κ2) is 11.2. The third kappa shape index (κ3) is 7.74. The summed E-state index contributed by atoms with van der Waals surface area (Å²) in [5.41, 5.74) is 1.76. The van der Waals surface area contributed by atoms with E-state index in [1.807, 2.05) is 26.0 Å². The van der Waals surface area contributed by atoms with Gasteiger partial charge in [0.15, 0.2) is 15.8 Å². The van der Waals surface area contributed by atoms with Gasteiger partial charge >= 0.3 is 0 Å². The second-order valence-corrected chi connectivity index (χ2v) is 8.36. The van der Waals surface area contributed by atoms with E-state index in [-0.39, 0.29) is 0 Å². The molecule has 0 radical (unpaired) electrons. The van der Waals surface area contributed by atoms with Crippen molar-refractivity contribution in [2.24, 2.45) is 4.99 Å². The topological polar surface area (TPSA) is 73.8 Å². The number of nitrogens with zero attached hydrogens (tertiary/aromatic N) is 2. The maximum absolute atomic E-state index is 11.7. The van der Waals surface area contributed by atoms with Crippen LogP contribution in [0.1, 0.15) is 38.3 Å². The van der Waals surface area contributed by atoms with Crippen molar-refractivity contribution in [2.75, 3.05) is 39.0 Å². The lowest BCUT2D eigenvalue weighted by atomic mass is 10.1. The van der Waals surface area contributed by atoms with E-state index in [1.165, 1.54) is 6.26 Å². The maximum atomic E-state index is 11.7. The number of sulfone groups is 1. The van der Waals surface area contributed by atoms with Crippen molar-refractivity contribution in [3.63, 3.8) is 0 Å². The zero-order valence-corrected chi connectivity index (χ0v) is 17.6. The molecule has 7 heteroatoms. The van der Waals surface area contributed by atoms with Crippen molar-refractivity contribution < 1.29 is 8.42 Å². The molecule has 0 amide bonds. The van der Waals surface area contributed by atoms with Gasteiger partial charge in [0.2, 0.25) is 0 Å². The fourth-order valence-corrected chi connectivity index (χ4v) is 3.75. The monoisotopic (exact) mass is 382 g/mol. The number of rotatable bonds is 10. The maximum Gasteiger partial charge on any atom is 0.191 e. The first-order chi connectivity index (χ1) is 12.3. The Labute approximate surface area is 159 Å². The van der Waals surface area contributed by atoms with Gasteiger partial charge < -0.3 is 15.5 Å². The number of hydrogen-bond acceptors (Lipinski definition) is 4. The molecule has 0 aliphatic heterocycles. The van der Waals surface area contributed by atoms with E-state index >= 15 is 0 Å². The SMILES string of the molecule is CCNC(=NCc1ccc(S(C)(=O)=O)c(C)c1)NCCCN(CC)CC. The molecule has 0 unspecified atom stereocenters. The summed E-state index contributed by atoms with van der Waals surface area (Å²) in [5, 5.41) is 6.61. The number of hydrogen-bond donors (Lipinski definition) is 2. The van der Waals surface area contributed by atoms with E-state index in [0.29, 0.717) is 11.4 Å². The van der Waals surface area contributed by atoms with E-state index in [1.54, 1.807) is 6.07 Å². The van der Waals surface area contributed by atoms with Crippen LogP contribution in [-0.4, -0.2) is 58.3 Å². The average molecular weight is 383 g/mol. The Morgan fingerprint density at radius 3 is 2.38 bits per heavy atom. The van der Waals surface area contributed by atoms with E-state index in [0.717, 1.165) is 56.2 Å². The minimum atomic E-state index is -3.18. The molecule has 0 bridgehead atoms. The van der Waals surface area contributed by atoms with E-state index < -0.39 is 9.84 Å². The van der Waals surface area contributed by atoms with Gasteiger partial charge in [0.1, 0.15) is 0 Å². The molecule has 1 aromatic carbocycles. The number of aliphatic imine (C=N–C) groups is 1. The molecule has 0 aliphatic rings.